The molecule has 0 amide bonds. The van der Waals surface area contributed by atoms with Gasteiger partial charge in [-0.2, -0.15) is 0 Å². The van der Waals surface area contributed by atoms with Crippen molar-refractivity contribution in [3.8, 4) is 5.88 Å². The Hall–Kier alpha value is -2.61. The van der Waals surface area contributed by atoms with Crippen molar-refractivity contribution < 1.29 is 23.4 Å². The highest BCUT2D eigenvalue weighted by atomic mass is 32.2. The second kappa shape index (κ2) is 6.88. The number of pyridine rings is 1. The van der Waals surface area contributed by atoms with E-state index in [0.29, 0.717) is 0 Å². The molecule has 1 heterocycles. The van der Waals surface area contributed by atoms with Crippen molar-refractivity contribution in [2.24, 2.45) is 0 Å². The minimum atomic E-state index is -4.05. The number of aromatic hydroxyl groups is 1. The van der Waals surface area contributed by atoms with Crippen molar-refractivity contribution in [2.75, 3.05) is 0 Å². The van der Waals surface area contributed by atoms with Gasteiger partial charge in [-0.1, -0.05) is 25.1 Å². The molecule has 2 aromatic rings. The summed E-state index contributed by atoms with van der Waals surface area (Å²) in [5, 5.41) is 19.1. The van der Waals surface area contributed by atoms with E-state index in [9.17, 15) is 23.1 Å². The van der Waals surface area contributed by atoms with E-state index in [1.807, 2.05) is 0 Å². The summed E-state index contributed by atoms with van der Waals surface area (Å²) in [6.45, 7) is 1.35. The third-order valence-corrected chi connectivity index (χ3v) is 5.44. The number of rotatable bonds is 6. The highest BCUT2D eigenvalue weighted by Gasteiger charge is 2.27. The van der Waals surface area contributed by atoms with Gasteiger partial charge in [-0.15, -0.1) is 0 Å². The van der Waals surface area contributed by atoms with E-state index >= 15 is 0 Å². The van der Waals surface area contributed by atoms with Gasteiger partial charge in [-0.3, -0.25) is 14.2 Å². The number of hydrogen-bond acceptors (Lipinski definition) is 5. The Kier molecular flexibility index (Phi) is 5.08. The quantitative estimate of drug-likeness (QED) is 0.814. The van der Waals surface area contributed by atoms with Crippen LogP contribution in [-0.2, 0) is 27.6 Å². The van der Waals surface area contributed by atoms with E-state index in [4.69, 9.17) is 5.11 Å². The van der Waals surface area contributed by atoms with Gasteiger partial charge in [0.25, 0.3) is 5.56 Å². The Morgan fingerprint density at radius 3 is 2.38 bits per heavy atom. The van der Waals surface area contributed by atoms with Crippen LogP contribution in [0.3, 0.4) is 0 Å². The van der Waals surface area contributed by atoms with E-state index in [1.54, 1.807) is 25.1 Å². The van der Waals surface area contributed by atoms with Gasteiger partial charge < -0.3 is 10.2 Å². The number of aryl methyl sites for hydroxylation is 1. The number of aromatic nitrogens is 1. The molecule has 7 nitrogen and oxygen atoms in total. The smallest absolute Gasteiger partial charge is 0.305 e. The first-order chi connectivity index (χ1) is 11.3. The lowest BCUT2D eigenvalue weighted by Gasteiger charge is -2.15. The first kappa shape index (κ1) is 17.7. The van der Waals surface area contributed by atoms with Crippen molar-refractivity contribution in [1.82, 2.24) is 4.57 Å². The maximum atomic E-state index is 12.8. The second-order valence-electron chi connectivity index (χ2n) is 5.13. The van der Waals surface area contributed by atoms with Crippen molar-refractivity contribution in [1.29, 1.82) is 0 Å². The summed E-state index contributed by atoms with van der Waals surface area (Å²) in [7, 11) is -4.05. The van der Waals surface area contributed by atoms with Crippen LogP contribution in [0.2, 0.25) is 0 Å². The number of hydrogen-bond donors (Lipinski definition) is 2. The van der Waals surface area contributed by atoms with Gasteiger partial charge in [-0.05, 0) is 24.1 Å². The molecule has 0 aliphatic heterocycles. The largest absolute Gasteiger partial charge is 0.493 e. The highest BCUT2D eigenvalue weighted by Crippen LogP contribution is 2.31. The summed E-state index contributed by atoms with van der Waals surface area (Å²) in [6.07, 6.45) is -0.187. The van der Waals surface area contributed by atoms with E-state index in [2.05, 4.69) is 0 Å². The average molecular weight is 351 g/mol. The van der Waals surface area contributed by atoms with Crippen LogP contribution in [0.5, 0.6) is 5.88 Å². The van der Waals surface area contributed by atoms with Crippen LogP contribution in [-0.4, -0.2) is 29.2 Å². The number of carbonyl (C=O) groups is 1. The molecule has 8 heteroatoms. The Morgan fingerprint density at radius 2 is 1.83 bits per heavy atom. The van der Waals surface area contributed by atoms with Gasteiger partial charge >= 0.3 is 5.97 Å². The molecule has 0 aliphatic rings. The maximum Gasteiger partial charge on any atom is 0.305 e. The molecule has 0 fully saturated rings. The number of nitrogens with zero attached hydrogens (tertiary/aromatic N) is 1. The topological polar surface area (TPSA) is 114 Å². The summed E-state index contributed by atoms with van der Waals surface area (Å²) >= 11 is 0. The number of aliphatic carboxylic acids is 1. The number of carboxylic acid groups (broad SMARTS) is 1. The molecule has 0 aliphatic carbocycles. The molecular formula is C16H17NO6S. The molecule has 128 valence electrons. The van der Waals surface area contributed by atoms with Crippen LogP contribution in [0.4, 0.5) is 0 Å². The van der Waals surface area contributed by atoms with Crippen LogP contribution < -0.4 is 5.56 Å². The molecule has 24 heavy (non-hydrogen) atoms. The fourth-order valence-electron chi connectivity index (χ4n) is 2.36. The van der Waals surface area contributed by atoms with Crippen LogP contribution in [0, 0.1) is 0 Å². The normalized spacial score (nSPS) is 11.4. The van der Waals surface area contributed by atoms with E-state index in [0.717, 1.165) is 10.6 Å². The monoisotopic (exact) mass is 351 g/mol. The highest BCUT2D eigenvalue weighted by molar-refractivity contribution is 7.91. The van der Waals surface area contributed by atoms with Gasteiger partial charge in [0.15, 0.2) is 0 Å². The van der Waals surface area contributed by atoms with Gasteiger partial charge in [0.05, 0.1) is 11.3 Å². The molecule has 1 aromatic carbocycles. The fourth-order valence-corrected chi connectivity index (χ4v) is 4.01. The molecule has 2 rings (SSSR count). The maximum absolute atomic E-state index is 12.8. The van der Waals surface area contributed by atoms with Gasteiger partial charge in [0, 0.05) is 12.6 Å². The first-order valence-electron chi connectivity index (χ1n) is 7.26. The third-order valence-electron chi connectivity index (χ3n) is 3.57. The molecule has 1 aromatic heterocycles. The van der Waals surface area contributed by atoms with Crippen LogP contribution in [0.15, 0.2) is 51.0 Å². The van der Waals surface area contributed by atoms with Crippen molar-refractivity contribution in [3.63, 3.8) is 0 Å². The molecule has 0 saturated carbocycles. The summed E-state index contributed by atoms with van der Waals surface area (Å²) < 4.78 is 26.5. The lowest BCUT2D eigenvalue weighted by Crippen LogP contribution is -2.24. The van der Waals surface area contributed by atoms with E-state index < -0.39 is 33.7 Å². The Labute approximate surface area is 138 Å². The Bertz CT molecular complexity index is 916. The standard InChI is InChI=1S/C16H17NO6S/c1-2-11-10-13(18)17(9-8-14(19)20)16(21)15(11)24(22,23)12-6-4-3-5-7-12/h3-7,10,21H,2,8-9H2,1H3,(H,19,20). The van der Waals surface area contributed by atoms with Gasteiger partial charge in [-0.25, -0.2) is 8.42 Å². The average Bonchev–Trinajstić information content (AvgIpc) is 2.54. The van der Waals surface area contributed by atoms with Crippen LogP contribution >= 0.6 is 0 Å². The summed E-state index contributed by atoms with van der Waals surface area (Å²) in [4.78, 5) is 22.4. The number of sulfone groups is 1. The Morgan fingerprint density at radius 1 is 1.21 bits per heavy atom. The first-order valence-corrected chi connectivity index (χ1v) is 8.75. The predicted molar refractivity (Wildman–Crippen MR) is 85.9 cm³/mol. The van der Waals surface area contributed by atoms with Crippen molar-refractivity contribution >= 4 is 15.8 Å². The summed E-state index contributed by atoms with van der Waals surface area (Å²) in [6, 6.07) is 8.67. The summed E-state index contributed by atoms with van der Waals surface area (Å²) in [5.41, 5.74) is -0.453. The van der Waals surface area contributed by atoms with Crippen LogP contribution in [0.1, 0.15) is 18.9 Å². The Balaban J connectivity index is 2.71. The molecule has 0 atom stereocenters. The molecule has 2 N–H and O–H groups in total. The third kappa shape index (κ3) is 3.33. The molecule has 0 spiro atoms. The minimum absolute atomic E-state index is 0.0153. The number of benzene rings is 1. The molecular weight excluding hydrogens is 334 g/mol. The molecule has 0 bridgehead atoms. The van der Waals surface area contributed by atoms with Gasteiger partial charge in [0.2, 0.25) is 15.7 Å². The van der Waals surface area contributed by atoms with Crippen LogP contribution in [0.25, 0.3) is 0 Å². The molecule has 0 unspecified atom stereocenters. The van der Waals surface area contributed by atoms with Gasteiger partial charge in [0.1, 0.15) is 4.90 Å². The summed E-state index contributed by atoms with van der Waals surface area (Å²) in [5.74, 6) is -1.89. The lowest BCUT2D eigenvalue weighted by atomic mass is 10.2. The molecule has 0 saturated heterocycles. The van der Waals surface area contributed by atoms with Crippen molar-refractivity contribution in [2.45, 2.75) is 36.1 Å². The zero-order valence-electron chi connectivity index (χ0n) is 13.0. The van der Waals surface area contributed by atoms with Crippen molar-refractivity contribution in [3.05, 3.63) is 52.3 Å². The van der Waals surface area contributed by atoms with E-state index in [-0.39, 0.29) is 28.3 Å². The predicted octanol–water partition coefficient (Wildman–Crippen LogP) is 1.42. The lowest BCUT2D eigenvalue weighted by molar-refractivity contribution is -0.137. The minimum Gasteiger partial charge on any atom is -0.493 e. The fraction of sp³-hybridized carbons (Fsp3) is 0.250. The molecule has 0 radical (unpaired) electrons. The second-order valence-corrected chi connectivity index (χ2v) is 7.01. The zero-order chi connectivity index (χ0) is 17.9. The SMILES string of the molecule is CCc1cc(=O)n(CCC(=O)O)c(O)c1S(=O)(=O)c1ccccc1. The zero-order valence-corrected chi connectivity index (χ0v) is 13.8. The number of carboxylic acids is 1. The van der Waals surface area contributed by atoms with E-state index in [1.165, 1.54) is 12.1 Å².